The van der Waals surface area contributed by atoms with Crippen molar-refractivity contribution in [1.29, 1.82) is 0 Å². The smallest absolute Gasteiger partial charge is 0.326 e. The Bertz CT molecular complexity index is 756. The van der Waals surface area contributed by atoms with E-state index in [1.807, 2.05) is 6.07 Å². The third-order valence-electron chi connectivity index (χ3n) is 5.22. The lowest BCUT2D eigenvalue weighted by atomic mass is 9.94. The number of benzene rings is 1. The number of aliphatic carboxylic acids is 1. The van der Waals surface area contributed by atoms with Crippen LogP contribution in [0.1, 0.15) is 37.7 Å². The Kier molecular flexibility index (Phi) is 5.73. The van der Waals surface area contributed by atoms with Crippen LogP contribution in [0.15, 0.2) is 41.7 Å². The Morgan fingerprint density at radius 3 is 2.52 bits per heavy atom. The zero-order valence-corrected chi connectivity index (χ0v) is 15.0. The number of carbonyl (C=O) groups excluding carboxylic acids is 1. The van der Waals surface area contributed by atoms with Gasteiger partial charge in [0.25, 0.3) is 11.6 Å². The Hall–Kier alpha value is -2.90. The third-order valence-corrected chi connectivity index (χ3v) is 5.22. The van der Waals surface area contributed by atoms with Gasteiger partial charge in [0.05, 0.1) is 4.92 Å². The highest BCUT2D eigenvalue weighted by Crippen LogP contribution is 2.28. The Labute approximate surface area is 157 Å². The first-order valence-electron chi connectivity index (χ1n) is 9.19. The molecule has 2 aliphatic rings. The lowest BCUT2D eigenvalue weighted by Gasteiger charge is -2.30. The third kappa shape index (κ3) is 4.27. The molecule has 8 heteroatoms. The summed E-state index contributed by atoms with van der Waals surface area (Å²) < 4.78 is 0. The van der Waals surface area contributed by atoms with Crippen molar-refractivity contribution in [3.8, 4) is 0 Å². The van der Waals surface area contributed by atoms with Gasteiger partial charge in [0, 0.05) is 12.5 Å². The van der Waals surface area contributed by atoms with Crippen molar-refractivity contribution in [2.24, 2.45) is 0 Å². The number of carboxylic acids is 1. The lowest BCUT2D eigenvalue weighted by molar-refractivity contribution is -0.427. The van der Waals surface area contributed by atoms with Crippen LogP contribution in [0.4, 0.5) is 0 Å². The van der Waals surface area contributed by atoms with Crippen molar-refractivity contribution in [3.05, 3.63) is 57.4 Å². The fourth-order valence-electron chi connectivity index (χ4n) is 3.79. The van der Waals surface area contributed by atoms with Crippen LogP contribution in [-0.4, -0.2) is 45.4 Å². The average molecular weight is 373 g/mol. The van der Waals surface area contributed by atoms with Gasteiger partial charge in [-0.1, -0.05) is 49.6 Å². The van der Waals surface area contributed by atoms with Gasteiger partial charge in [0.2, 0.25) is 0 Å². The van der Waals surface area contributed by atoms with Gasteiger partial charge < -0.3 is 15.3 Å². The second kappa shape index (κ2) is 8.20. The van der Waals surface area contributed by atoms with Gasteiger partial charge in [0.1, 0.15) is 12.6 Å². The van der Waals surface area contributed by atoms with E-state index >= 15 is 0 Å². The number of amides is 1. The molecule has 1 aromatic rings. The summed E-state index contributed by atoms with van der Waals surface area (Å²) in [6, 6.07) is 7.84. The molecule has 2 N–H and O–H groups in total. The van der Waals surface area contributed by atoms with E-state index < -0.39 is 22.8 Å². The van der Waals surface area contributed by atoms with Gasteiger partial charge >= 0.3 is 5.97 Å². The molecule has 0 spiro atoms. The fourth-order valence-corrected chi connectivity index (χ4v) is 3.79. The van der Waals surface area contributed by atoms with Crippen LogP contribution in [0.3, 0.4) is 0 Å². The van der Waals surface area contributed by atoms with Crippen molar-refractivity contribution >= 4 is 11.9 Å². The number of nitrogens with one attached hydrogen (secondary N) is 1. The second-order valence-electron chi connectivity index (χ2n) is 7.03. The highest BCUT2D eigenvalue weighted by Gasteiger charge is 2.42. The number of carbonyl (C=O) groups is 2. The van der Waals surface area contributed by atoms with E-state index in [-0.39, 0.29) is 30.4 Å². The Morgan fingerprint density at radius 1 is 1.26 bits per heavy atom. The molecule has 0 aromatic heterocycles. The summed E-state index contributed by atoms with van der Waals surface area (Å²) in [5, 5.41) is 23.7. The molecule has 1 fully saturated rings. The molecule has 8 nitrogen and oxygen atoms in total. The molecule has 0 saturated heterocycles. The van der Waals surface area contributed by atoms with E-state index in [1.165, 1.54) is 4.90 Å². The van der Waals surface area contributed by atoms with Crippen LogP contribution >= 0.6 is 0 Å². The zero-order valence-electron chi connectivity index (χ0n) is 15.0. The summed E-state index contributed by atoms with van der Waals surface area (Å²) in [5.74, 6) is -1.62. The monoisotopic (exact) mass is 373 g/mol. The standard InChI is InChI=1S/C19H23N3O5/c23-18-17(20-15(19(24)25)11-13-7-3-1-4-8-13)16(22(26)27)12-21(18)14-9-5-2-6-10-14/h1,3-4,7-8,14-15,20H,2,5-6,9-12H2,(H,24,25). The fraction of sp³-hybridized carbons (Fsp3) is 0.474. The van der Waals surface area contributed by atoms with Gasteiger partial charge in [-0.15, -0.1) is 0 Å². The molecule has 0 bridgehead atoms. The topological polar surface area (TPSA) is 113 Å². The highest BCUT2D eigenvalue weighted by molar-refractivity contribution is 5.97. The Balaban J connectivity index is 1.80. The molecule has 144 valence electrons. The SMILES string of the molecule is O=C(O)C(Cc1ccccc1)NC1=C([N+](=O)[O-])CN(C2CCCCC2)C1=O. The van der Waals surface area contributed by atoms with E-state index in [4.69, 9.17) is 0 Å². The second-order valence-corrected chi connectivity index (χ2v) is 7.03. The molecule has 1 heterocycles. The highest BCUT2D eigenvalue weighted by atomic mass is 16.6. The van der Waals surface area contributed by atoms with Crippen LogP contribution in [0.2, 0.25) is 0 Å². The maximum Gasteiger partial charge on any atom is 0.326 e. The molecule has 1 amide bonds. The molecule has 1 aliphatic carbocycles. The summed E-state index contributed by atoms with van der Waals surface area (Å²) >= 11 is 0. The van der Waals surface area contributed by atoms with Crippen molar-refractivity contribution in [1.82, 2.24) is 10.2 Å². The number of nitrogens with zero attached hydrogens (tertiary/aromatic N) is 2. The van der Waals surface area contributed by atoms with Gasteiger partial charge in [0.15, 0.2) is 5.70 Å². The first kappa shape index (κ1) is 18.9. The maximum absolute atomic E-state index is 12.8. The van der Waals surface area contributed by atoms with Gasteiger partial charge in [-0.25, -0.2) is 4.79 Å². The first-order chi connectivity index (χ1) is 13.0. The molecular formula is C19H23N3O5. The molecular weight excluding hydrogens is 350 g/mol. The summed E-state index contributed by atoms with van der Waals surface area (Å²) in [6.45, 7) is -0.0729. The molecule has 1 aliphatic heterocycles. The van der Waals surface area contributed by atoms with Crippen molar-refractivity contribution in [2.75, 3.05) is 6.54 Å². The minimum atomic E-state index is -1.15. The lowest BCUT2D eigenvalue weighted by Crippen LogP contribution is -2.44. The van der Waals surface area contributed by atoms with Crippen LogP contribution in [0.25, 0.3) is 0 Å². The van der Waals surface area contributed by atoms with Crippen molar-refractivity contribution in [2.45, 2.75) is 50.6 Å². The minimum Gasteiger partial charge on any atom is -0.480 e. The van der Waals surface area contributed by atoms with Gasteiger partial charge in [-0.05, 0) is 18.4 Å². The van der Waals surface area contributed by atoms with Crippen LogP contribution in [-0.2, 0) is 16.0 Å². The van der Waals surface area contributed by atoms with Gasteiger partial charge in [-0.3, -0.25) is 14.9 Å². The average Bonchev–Trinajstić information content (AvgIpc) is 2.99. The molecule has 1 unspecified atom stereocenters. The molecule has 1 saturated carbocycles. The van der Waals surface area contributed by atoms with E-state index in [9.17, 15) is 24.8 Å². The van der Waals surface area contributed by atoms with E-state index in [0.29, 0.717) is 0 Å². The maximum atomic E-state index is 12.8. The summed E-state index contributed by atoms with van der Waals surface area (Å²) in [6.07, 6.45) is 4.89. The summed E-state index contributed by atoms with van der Waals surface area (Å²) in [4.78, 5) is 36.9. The number of hydrogen-bond acceptors (Lipinski definition) is 5. The quantitative estimate of drug-likeness (QED) is 0.558. The molecule has 27 heavy (non-hydrogen) atoms. The van der Waals surface area contributed by atoms with Gasteiger partial charge in [-0.2, -0.15) is 0 Å². The first-order valence-corrected chi connectivity index (χ1v) is 9.19. The van der Waals surface area contributed by atoms with E-state index in [2.05, 4.69) is 5.32 Å². The normalized spacial score (nSPS) is 19.3. The predicted molar refractivity (Wildman–Crippen MR) is 97.3 cm³/mol. The largest absolute Gasteiger partial charge is 0.480 e. The Morgan fingerprint density at radius 2 is 1.93 bits per heavy atom. The summed E-state index contributed by atoms with van der Waals surface area (Å²) in [7, 11) is 0. The molecule has 3 rings (SSSR count). The zero-order chi connectivity index (χ0) is 19.4. The van der Waals surface area contributed by atoms with Crippen LogP contribution < -0.4 is 5.32 Å². The van der Waals surface area contributed by atoms with Crippen LogP contribution in [0.5, 0.6) is 0 Å². The minimum absolute atomic E-state index is 0.0158. The summed E-state index contributed by atoms with van der Waals surface area (Å²) in [5.41, 5.74) is 0.342. The predicted octanol–water partition coefficient (Wildman–Crippen LogP) is 1.94. The number of hydrogen-bond donors (Lipinski definition) is 2. The van der Waals surface area contributed by atoms with Crippen LogP contribution in [0, 0.1) is 10.1 Å². The van der Waals surface area contributed by atoms with E-state index in [0.717, 1.165) is 37.7 Å². The van der Waals surface area contributed by atoms with E-state index in [1.54, 1.807) is 24.3 Å². The number of nitro groups is 1. The van der Waals surface area contributed by atoms with Crippen molar-refractivity contribution in [3.63, 3.8) is 0 Å². The van der Waals surface area contributed by atoms with Crippen molar-refractivity contribution < 1.29 is 19.6 Å². The number of carboxylic acid groups (broad SMARTS) is 1. The molecule has 1 aromatic carbocycles. The molecule has 0 radical (unpaired) electrons. The number of rotatable bonds is 7. The molecule has 1 atom stereocenters.